The van der Waals surface area contributed by atoms with E-state index in [1.54, 1.807) is 18.2 Å². The molecular weight excluding hydrogens is 1030 g/mol. The van der Waals surface area contributed by atoms with E-state index in [1.807, 2.05) is 53.9 Å². The molecule has 0 radical (unpaired) electrons. The Kier molecular flexibility index (Phi) is 18.6. The number of hydrogen-bond donors (Lipinski definition) is 3. The molecule has 12 heteroatoms. The first-order chi connectivity index (χ1) is 23.0. The van der Waals surface area contributed by atoms with Crippen molar-refractivity contribution in [2.24, 2.45) is 5.41 Å². The third-order valence-corrected chi connectivity index (χ3v) is 14.4. The molecule has 0 unspecified atom stereocenters. The Bertz CT molecular complexity index is 1450. The number of ether oxygens (including phenoxy) is 1. The number of phenolic OH excluding ortho intramolecular Hbond substituents is 1. The van der Waals surface area contributed by atoms with Crippen LogP contribution >= 0.6 is 16.6 Å². The number of phenols is 1. The van der Waals surface area contributed by atoms with Crippen molar-refractivity contribution in [2.75, 3.05) is 44.3 Å². The Morgan fingerprint density at radius 2 is 1.69 bits per heavy atom. The van der Waals surface area contributed by atoms with E-state index in [9.17, 15) is 19.1 Å². The summed E-state index contributed by atoms with van der Waals surface area (Å²) in [4.78, 5) is 27.5. The molecule has 0 saturated carbocycles. The molecule has 0 bridgehead atoms. The molecule has 0 atom stereocenters. The molecule has 254 valence electrons. The number of aromatic hydroxyl groups is 1. The standard InChI is InChI=1S/C36H48FN3O4S2.2Tl/c1-4-27-21-31(28-11-13-30(37)14-12-28)32(41)22-33(27)44-18-6-5-15-36(2,3)25-39-35(43)29-9-7-26(8-10-29)23-40(17-20-46)24-34(42)38-16-19-45;;/h7-14,21-22,41,45-46H,4-6,15-20,23-25H2,1-3H3,(H,38,42)(H,39,43);;/q;2*+1/p-2. The van der Waals surface area contributed by atoms with Gasteiger partial charge in [-0.2, -0.15) is 0 Å². The number of halogens is 1. The van der Waals surface area contributed by atoms with Crippen LogP contribution in [0.2, 0.25) is 0 Å². The van der Waals surface area contributed by atoms with E-state index < -0.39 is 0 Å². The number of nitrogens with zero attached hydrogens (tertiary/aromatic N) is 1. The van der Waals surface area contributed by atoms with Crippen LogP contribution in [0.1, 0.15) is 61.5 Å². The first-order valence-electron chi connectivity index (χ1n) is 16.3. The maximum absolute atomic E-state index is 13.4. The molecule has 3 rings (SSSR count). The van der Waals surface area contributed by atoms with Gasteiger partial charge in [-0.3, -0.25) is 0 Å². The molecule has 0 aliphatic rings. The van der Waals surface area contributed by atoms with E-state index in [2.05, 4.69) is 29.4 Å². The quantitative estimate of drug-likeness (QED) is 0.0852. The van der Waals surface area contributed by atoms with Gasteiger partial charge in [-0.25, -0.2) is 4.39 Å². The third kappa shape index (κ3) is 14.5. The zero-order chi connectivity index (χ0) is 34.9. The average Bonchev–Trinajstić information content (AvgIpc) is 3.07. The van der Waals surface area contributed by atoms with Gasteiger partial charge >= 0.3 is 182 Å². The summed E-state index contributed by atoms with van der Waals surface area (Å²) in [5.74, 6) is 2.45. The number of amides is 2. The summed E-state index contributed by atoms with van der Waals surface area (Å²) in [6, 6.07) is 17.4. The normalized spacial score (nSPS) is 11.4. The zero-order valence-corrected chi connectivity index (χ0v) is 38.8. The molecule has 3 N–H and O–H groups in total. The molecule has 0 aliphatic heterocycles. The van der Waals surface area contributed by atoms with Gasteiger partial charge in [-0.1, -0.05) is 32.9 Å². The van der Waals surface area contributed by atoms with Gasteiger partial charge in [0.25, 0.3) is 0 Å². The molecule has 2 amide bonds. The molecule has 3 aromatic rings. The van der Waals surface area contributed by atoms with Crippen LogP contribution in [0.5, 0.6) is 11.5 Å². The molecule has 0 fully saturated rings. The first-order valence-corrected chi connectivity index (χ1v) is 29.4. The number of aryl methyl sites for hydroxylation is 1. The fourth-order valence-electron chi connectivity index (χ4n) is 5.21. The monoisotopic (exact) mass is 1080 g/mol. The Morgan fingerprint density at radius 1 is 0.979 bits per heavy atom. The predicted octanol–water partition coefficient (Wildman–Crippen LogP) is 6.32. The zero-order valence-electron chi connectivity index (χ0n) is 28.2. The summed E-state index contributed by atoms with van der Waals surface area (Å²) < 4.78 is 19.4. The van der Waals surface area contributed by atoms with Gasteiger partial charge in [-0.15, -0.1) is 0 Å². The van der Waals surface area contributed by atoms with Crippen LogP contribution in [0.25, 0.3) is 11.1 Å². The predicted molar refractivity (Wildman–Crippen MR) is 199 cm³/mol. The number of carbonyl (C=O) groups is 2. The van der Waals surface area contributed by atoms with Crippen LogP contribution in [0.15, 0.2) is 60.7 Å². The van der Waals surface area contributed by atoms with Gasteiger partial charge < -0.3 is 9.84 Å². The summed E-state index contributed by atoms with van der Waals surface area (Å²) in [6.45, 7) is 10.1. The van der Waals surface area contributed by atoms with Crippen molar-refractivity contribution >= 4 is 77.0 Å². The summed E-state index contributed by atoms with van der Waals surface area (Å²) in [6.07, 6.45) is 3.45. The Balaban J connectivity index is 1.43. The topological polar surface area (TPSA) is 90.9 Å². The SMILES string of the molecule is CCc1cc(-c2ccc(F)cc2)c(O)cc1OCCCCC(C)(C)CNC(=O)c1ccc(CN(CC[S][Tl])CC(=O)NCC[S][Tl])cc1. The van der Waals surface area contributed by atoms with Crippen LogP contribution in [0.3, 0.4) is 0 Å². The van der Waals surface area contributed by atoms with Crippen LogP contribution in [0, 0.1) is 11.2 Å². The van der Waals surface area contributed by atoms with Crippen LogP contribution < -0.4 is 15.4 Å². The third-order valence-electron chi connectivity index (χ3n) is 8.00. The molecular formula is C36H46FN3O4S2Tl2. The second kappa shape index (κ2) is 21.8. The number of benzene rings is 3. The van der Waals surface area contributed by atoms with Crippen LogP contribution in [-0.2, 0) is 17.8 Å². The molecule has 0 aliphatic carbocycles. The minimum absolute atomic E-state index is 0.0705. The maximum atomic E-state index is 13.4. The van der Waals surface area contributed by atoms with Crippen molar-refractivity contribution in [3.8, 4) is 22.6 Å². The van der Waals surface area contributed by atoms with Crippen molar-refractivity contribution < 1.29 is 23.8 Å². The Morgan fingerprint density at radius 3 is 2.35 bits per heavy atom. The van der Waals surface area contributed by atoms with Gasteiger partial charge in [0.15, 0.2) is 0 Å². The number of nitrogens with one attached hydrogen (secondary N) is 2. The van der Waals surface area contributed by atoms with E-state index in [4.69, 9.17) is 4.74 Å². The van der Waals surface area contributed by atoms with Crippen molar-refractivity contribution in [1.82, 2.24) is 15.5 Å². The van der Waals surface area contributed by atoms with Crippen molar-refractivity contribution in [3.63, 3.8) is 0 Å². The van der Waals surface area contributed by atoms with Gasteiger partial charge in [-0.05, 0) is 60.4 Å². The van der Waals surface area contributed by atoms with Crippen molar-refractivity contribution in [2.45, 2.75) is 53.0 Å². The molecule has 0 heterocycles. The number of hydrogen-bond acceptors (Lipinski definition) is 7. The molecule has 0 aromatic heterocycles. The van der Waals surface area contributed by atoms with E-state index >= 15 is 0 Å². The van der Waals surface area contributed by atoms with Gasteiger partial charge in [0.1, 0.15) is 17.3 Å². The second-order valence-electron chi connectivity index (χ2n) is 12.5. The number of unbranched alkanes of at least 4 members (excludes halogenated alkanes) is 1. The van der Waals surface area contributed by atoms with E-state index in [0.717, 1.165) is 115 Å². The Hall–Kier alpha value is -1.37. The average molecular weight is 1080 g/mol. The summed E-state index contributed by atoms with van der Waals surface area (Å²) in [5, 5.41) is 16.8. The summed E-state index contributed by atoms with van der Waals surface area (Å²) >= 11 is 1.77. The van der Waals surface area contributed by atoms with Crippen molar-refractivity contribution in [3.05, 3.63) is 83.2 Å². The van der Waals surface area contributed by atoms with Crippen molar-refractivity contribution in [1.29, 1.82) is 0 Å². The van der Waals surface area contributed by atoms with Gasteiger partial charge in [0.2, 0.25) is 0 Å². The van der Waals surface area contributed by atoms with Gasteiger partial charge in [0, 0.05) is 11.6 Å². The first kappa shape index (κ1) is 41.1. The fourth-order valence-corrected chi connectivity index (χ4v) is 8.39. The van der Waals surface area contributed by atoms with E-state index in [-0.39, 0.29) is 28.8 Å². The van der Waals surface area contributed by atoms with Crippen LogP contribution in [-0.4, -0.2) is 115 Å². The second-order valence-corrected chi connectivity index (χ2v) is 21.7. The molecule has 48 heavy (non-hydrogen) atoms. The van der Waals surface area contributed by atoms with E-state index in [0.29, 0.717) is 43.1 Å². The molecule has 7 nitrogen and oxygen atoms in total. The van der Waals surface area contributed by atoms with E-state index in [1.165, 1.54) is 12.1 Å². The van der Waals surface area contributed by atoms with Gasteiger partial charge in [0.05, 0.1) is 6.61 Å². The van der Waals surface area contributed by atoms with Crippen LogP contribution in [0.4, 0.5) is 4.39 Å². The minimum atomic E-state index is -0.312. The number of rotatable bonds is 21. The molecule has 0 spiro atoms. The fraction of sp³-hybridized carbons (Fsp3) is 0.444. The molecule has 3 aromatic carbocycles. The number of carbonyl (C=O) groups excluding carboxylic acids is 2. The Labute approximate surface area is 322 Å². The molecule has 0 saturated heterocycles. The summed E-state index contributed by atoms with van der Waals surface area (Å²) in [5.41, 5.74) is 4.04. The summed E-state index contributed by atoms with van der Waals surface area (Å²) in [7, 11) is 3.81.